The number of hydrogen-bond acceptors (Lipinski definition) is 6. The van der Waals surface area contributed by atoms with Crippen LogP contribution in [0.2, 0.25) is 0 Å². The van der Waals surface area contributed by atoms with Gasteiger partial charge in [-0.15, -0.1) is 0 Å². The minimum Gasteiger partial charge on any atom is -0.756 e. The molecule has 0 saturated heterocycles. The van der Waals surface area contributed by atoms with Crippen LogP contribution in [0.4, 0.5) is 0 Å². The minimum absolute atomic E-state index is 0.0161. The summed E-state index contributed by atoms with van der Waals surface area (Å²) >= 11 is 0. The average Bonchev–Trinajstić information content (AvgIpc) is 3.20. The quantitative estimate of drug-likeness (QED) is 0.0358. The third-order valence-electron chi connectivity index (χ3n) is 12.3. The van der Waals surface area contributed by atoms with E-state index < -0.39 is 20.0 Å². The largest absolute Gasteiger partial charge is 0.756 e. The molecule has 0 aliphatic carbocycles. The van der Waals surface area contributed by atoms with Gasteiger partial charge in [0.2, 0.25) is 5.91 Å². The summed E-state index contributed by atoms with van der Waals surface area (Å²) in [5.74, 6) is -0.159. The number of nitrogens with zero attached hydrogens (tertiary/aromatic N) is 1. The van der Waals surface area contributed by atoms with E-state index in [4.69, 9.17) is 9.05 Å². The van der Waals surface area contributed by atoms with Crippen molar-refractivity contribution in [1.82, 2.24) is 5.32 Å². The van der Waals surface area contributed by atoms with Gasteiger partial charge in [-0.05, 0) is 12.8 Å². The van der Waals surface area contributed by atoms with Gasteiger partial charge in [-0.2, -0.15) is 0 Å². The number of unbranched alkanes of at least 4 members (excludes halogenated alkanes) is 36. The van der Waals surface area contributed by atoms with E-state index in [1.54, 1.807) is 0 Å². The average molecular weight is 873 g/mol. The minimum atomic E-state index is -4.56. The Labute approximate surface area is 374 Å². The fraction of sp³-hybridized carbons (Fsp3) is 0.980. The van der Waals surface area contributed by atoms with Crippen LogP contribution in [0.5, 0.6) is 0 Å². The van der Waals surface area contributed by atoms with Crippen LogP contribution in [0.3, 0.4) is 0 Å². The molecule has 9 heteroatoms. The number of nitrogens with one attached hydrogen (secondary N) is 1. The zero-order valence-electron chi connectivity index (χ0n) is 40.9. The number of amides is 1. The highest BCUT2D eigenvalue weighted by Gasteiger charge is 2.24. The molecule has 2 N–H and O–H groups in total. The lowest BCUT2D eigenvalue weighted by Gasteiger charge is -2.30. The third kappa shape index (κ3) is 45.5. The van der Waals surface area contributed by atoms with Gasteiger partial charge >= 0.3 is 0 Å². The summed E-state index contributed by atoms with van der Waals surface area (Å²) in [6.07, 6.45) is 49.9. The molecule has 0 heterocycles. The van der Waals surface area contributed by atoms with Crippen molar-refractivity contribution in [2.24, 2.45) is 0 Å². The predicted octanol–water partition coefficient (Wildman–Crippen LogP) is 14.7. The van der Waals surface area contributed by atoms with E-state index in [1.807, 2.05) is 21.1 Å². The maximum atomic E-state index is 12.9. The maximum absolute atomic E-state index is 12.9. The number of hydrogen-bond donors (Lipinski definition) is 2. The Hall–Kier alpha value is -0.500. The number of likely N-dealkylation sites (N-methyl/N-ethyl adjacent to an activating group) is 1. The number of carbonyl (C=O) groups is 1. The summed E-state index contributed by atoms with van der Waals surface area (Å²) in [7, 11) is 1.32. The van der Waals surface area contributed by atoms with E-state index in [9.17, 15) is 19.4 Å². The molecular formula is C51H105N2O6P. The summed E-state index contributed by atoms with van der Waals surface area (Å²) in [5.41, 5.74) is 0. The van der Waals surface area contributed by atoms with Gasteiger partial charge in [0.25, 0.3) is 7.82 Å². The van der Waals surface area contributed by atoms with Gasteiger partial charge in [-0.3, -0.25) is 9.36 Å². The summed E-state index contributed by atoms with van der Waals surface area (Å²) < 4.78 is 23.3. The van der Waals surface area contributed by atoms with Crippen LogP contribution in [-0.4, -0.2) is 68.5 Å². The van der Waals surface area contributed by atoms with Crippen LogP contribution in [-0.2, 0) is 18.4 Å². The molecule has 0 aromatic heterocycles. The van der Waals surface area contributed by atoms with Crippen LogP contribution < -0.4 is 10.2 Å². The van der Waals surface area contributed by atoms with E-state index in [2.05, 4.69) is 19.2 Å². The van der Waals surface area contributed by atoms with E-state index in [0.29, 0.717) is 23.9 Å². The van der Waals surface area contributed by atoms with Crippen molar-refractivity contribution in [3.8, 4) is 0 Å². The van der Waals surface area contributed by atoms with Gasteiger partial charge in [0.15, 0.2) is 0 Å². The van der Waals surface area contributed by atoms with Gasteiger partial charge in [0, 0.05) is 6.42 Å². The number of phosphoric acid groups is 1. The molecule has 0 aromatic rings. The van der Waals surface area contributed by atoms with E-state index >= 15 is 0 Å². The first-order valence-corrected chi connectivity index (χ1v) is 27.8. The third-order valence-corrected chi connectivity index (χ3v) is 13.3. The normalized spacial score (nSPS) is 14.1. The van der Waals surface area contributed by atoms with Crippen LogP contribution in [0.25, 0.3) is 0 Å². The highest BCUT2D eigenvalue weighted by molar-refractivity contribution is 7.45. The van der Waals surface area contributed by atoms with Gasteiger partial charge in [0.1, 0.15) is 13.2 Å². The molecular weight excluding hydrogens is 768 g/mol. The Balaban J connectivity index is 4.02. The molecule has 360 valence electrons. The Kier molecular flexibility index (Phi) is 43.4. The highest BCUT2D eigenvalue weighted by atomic mass is 31.2. The van der Waals surface area contributed by atoms with Crippen molar-refractivity contribution in [2.75, 3.05) is 40.9 Å². The summed E-state index contributed by atoms with van der Waals surface area (Å²) in [5, 5.41) is 13.9. The number of aliphatic hydroxyl groups excluding tert-OH is 1. The molecule has 3 atom stereocenters. The molecule has 0 aromatic carbocycles. The lowest BCUT2D eigenvalue weighted by molar-refractivity contribution is -0.870. The molecule has 0 aliphatic heterocycles. The Morgan fingerprint density at radius 2 is 0.817 bits per heavy atom. The monoisotopic (exact) mass is 873 g/mol. The summed E-state index contributed by atoms with van der Waals surface area (Å²) in [6.45, 7) is 4.74. The van der Waals surface area contributed by atoms with Gasteiger partial charge in [0.05, 0.1) is 39.9 Å². The second-order valence-electron chi connectivity index (χ2n) is 19.6. The van der Waals surface area contributed by atoms with Crippen LogP contribution in [0, 0.1) is 0 Å². The molecule has 0 fully saturated rings. The molecule has 0 spiro atoms. The first-order chi connectivity index (χ1) is 29.0. The maximum Gasteiger partial charge on any atom is 0.268 e. The number of aliphatic hydroxyl groups is 1. The first-order valence-electron chi connectivity index (χ1n) is 26.4. The Morgan fingerprint density at radius 3 is 1.13 bits per heavy atom. The predicted molar refractivity (Wildman–Crippen MR) is 256 cm³/mol. The van der Waals surface area contributed by atoms with Crippen molar-refractivity contribution in [3.05, 3.63) is 0 Å². The van der Waals surface area contributed by atoms with E-state index in [0.717, 1.165) is 38.5 Å². The first kappa shape index (κ1) is 59.5. The number of rotatable bonds is 49. The van der Waals surface area contributed by atoms with Gasteiger partial charge in [-0.25, -0.2) is 0 Å². The summed E-state index contributed by atoms with van der Waals surface area (Å²) in [4.78, 5) is 25.4. The van der Waals surface area contributed by atoms with E-state index in [1.165, 1.54) is 205 Å². The number of quaternary nitrogens is 1. The van der Waals surface area contributed by atoms with Gasteiger partial charge < -0.3 is 28.8 Å². The fourth-order valence-electron chi connectivity index (χ4n) is 8.16. The van der Waals surface area contributed by atoms with Crippen LogP contribution in [0.15, 0.2) is 0 Å². The molecule has 0 bridgehead atoms. The molecule has 0 saturated carbocycles. The summed E-state index contributed by atoms with van der Waals surface area (Å²) in [6, 6.07) is -0.793. The second kappa shape index (κ2) is 43.7. The smallest absolute Gasteiger partial charge is 0.268 e. The zero-order valence-corrected chi connectivity index (χ0v) is 41.8. The van der Waals surface area contributed by atoms with Crippen molar-refractivity contribution in [3.63, 3.8) is 0 Å². The molecule has 0 radical (unpaired) electrons. The second-order valence-corrected chi connectivity index (χ2v) is 21.0. The zero-order chi connectivity index (χ0) is 44.3. The molecule has 8 nitrogen and oxygen atoms in total. The lowest BCUT2D eigenvalue weighted by atomic mass is 10.0. The standard InChI is InChI=1S/C51H105N2O6P/c1-6-8-10-12-14-16-18-19-20-21-22-23-24-25-26-27-28-29-30-31-32-33-35-37-39-41-43-45-51(55)52-49(48-59-60(56,57)58-47-46-53(3,4)5)50(54)44-42-40-38-36-34-17-15-13-11-9-7-2/h49-50,54H,6-48H2,1-5H3,(H-,52,55,56,57). The van der Waals surface area contributed by atoms with Crippen molar-refractivity contribution in [2.45, 2.75) is 283 Å². The topological polar surface area (TPSA) is 108 Å². The van der Waals surface area contributed by atoms with Crippen molar-refractivity contribution in [1.29, 1.82) is 0 Å². The lowest BCUT2D eigenvalue weighted by Crippen LogP contribution is -2.46. The molecule has 3 unspecified atom stereocenters. The Morgan fingerprint density at radius 1 is 0.517 bits per heavy atom. The van der Waals surface area contributed by atoms with E-state index in [-0.39, 0.29) is 19.1 Å². The van der Waals surface area contributed by atoms with Gasteiger partial charge in [-0.1, -0.05) is 251 Å². The SMILES string of the molecule is CCCCCCCCCCCCCCCCCCCCCCCCCCCCCC(=O)NC(COP(=O)([O-])OCC[N+](C)(C)C)C(O)CCCCCCCCCCCCC. The van der Waals surface area contributed by atoms with Crippen LogP contribution in [0.1, 0.15) is 271 Å². The number of phosphoric ester groups is 1. The fourth-order valence-corrected chi connectivity index (χ4v) is 8.88. The molecule has 1 amide bonds. The highest BCUT2D eigenvalue weighted by Crippen LogP contribution is 2.38. The van der Waals surface area contributed by atoms with Crippen molar-refractivity contribution < 1.29 is 32.9 Å². The van der Waals surface area contributed by atoms with Crippen LogP contribution >= 0.6 is 7.82 Å². The molecule has 0 aliphatic rings. The Bertz CT molecular complexity index is 947. The van der Waals surface area contributed by atoms with Crippen molar-refractivity contribution >= 4 is 13.7 Å². The molecule has 60 heavy (non-hydrogen) atoms. The molecule has 0 rings (SSSR count). The number of carbonyl (C=O) groups excluding carboxylic acids is 1.